The molecule has 1 heterocycles. The molecule has 138 valence electrons. The van der Waals surface area contributed by atoms with E-state index in [2.05, 4.69) is 0 Å². The van der Waals surface area contributed by atoms with E-state index in [1.165, 1.54) is 0 Å². The lowest BCUT2D eigenvalue weighted by Gasteiger charge is -2.14. The number of hydrogen-bond acceptors (Lipinski definition) is 5. The fraction of sp³-hybridized carbons (Fsp3) is 1.00. The number of β-amino-alcohol motifs (C(OH)–C–C–N with tert-alkyl or cyclic N) is 1. The molecule has 1 saturated heterocycles. The molecule has 23 heavy (non-hydrogen) atoms. The number of nitrogens with zero attached hydrogens (tertiary/aromatic N) is 1. The number of halogens is 4. The van der Waals surface area contributed by atoms with Gasteiger partial charge in [0.25, 0.3) is 12.9 Å². The van der Waals surface area contributed by atoms with Crippen molar-refractivity contribution in [2.75, 3.05) is 33.4 Å². The Kier molecular flexibility index (Phi) is 9.30. The number of hydrogen-bond donors (Lipinski definition) is 2. The molecule has 1 aliphatic carbocycles. The molecular weight excluding hydrogens is 322 g/mol. The van der Waals surface area contributed by atoms with Gasteiger partial charge in [-0.25, -0.2) is 17.6 Å². The van der Waals surface area contributed by atoms with E-state index in [0.29, 0.717) is 25.9 Å². The minimum absolute atomic E-state index is 0.357. The molecule has 2 aliphatic rings. The first kappa shape index (κ1) is 20.6. The summed E-state index contributed by atoms with van der Waals surface area (Å²) in [7, 11) is 1.81. The summed E-state index contributed by atoms with van der Waals surface area (Å²) in [5.41, 5.74) is 0. The maximum Gasteiger partial charge on any atom is 0.261 e. The summed E-state index contributed by atoms with van der Waals surface area (Å²) < 4.78 is 56.2. The molecule has 2 fully saturated rings. The van der Waals surface area contributed by atoms with Crippen molar-refractivity contribution in [2.24, 2.45) is 0 Å². The van der Waals surface area contributed by atoms with Gasteiger partial charge in [-0.05, 0) is 26.3 Å². The second kappa shape index (κ2) is 10.4. The van der Waals surface area contributed by atoms with Crippen LogP contribution in [0.25, 0.3) is 0 Å². The quantitative estimate of drug-likeness (QED) is 0.705. The van der Waals surface area contributed by atoms with E-state index in [-0.39, 0.29) is 6.10 Å². The first-order valence-electron chi connectivity index (χ1n) is 7.63. The van der Waals surface area contributed by atoms with Crippen LogP contribution in [0.15, 0.2) is 0 Å². The summed E-state index contributed by atoms with van der Waals surface area (Å²) in [6.45, 7) is -0.126. The first-order valence-corrected chi connectivity index (χ1v) is 7.63. The van der Waals surface area contributed by atoms with E-state index >= 15 is 0 Å². The van der Waals surface area contributed by atoms with Crippen LogP contribution in [0, 0.1) is 0 Å². The molecular formula is C14H25F4NO4. The molecule has 4 atom stereocenters. The lowest BCUT2D eigenvalue weighted by Crippen LogP contribution is -2.28. The van der Waals surface area contributed by atoms with E-state index < -0.39 is 44.4 Å². The zero-order valence-electron chi connectivity index (χ0n) is 13.1. The van der Waals surface area contributed by atoms with Crippen molar-refractivity contribution in [3.8, 4) is 0 Å². The normalized spacial score (nSPS) is 31.7. The third kappa shape index (κ3) is 8.25. The van der Waals surface area contributed by atoms with Crippen LogP contribution in [0.1, 0.15) is 19.3 Å². The Hall–Kier alpha value is -0.480. The molecule has 0 aromatic carbocycles. The highest BCUT2D eigenvalue weighted by atomic mass is 19.3. The zero-order valence-corrected chi connectivity index (χ0v) is 13.1. The van der Waals surface area contributed by atoms with Crippen molar-refractivity contribution in [1.29, 1.82) is 0 Å². The van der Waals surface area contributed by atoms with Gasteiger partial charge in [-0.3, -0.25) is 0 Å². The number of alkyl halides is 4. The molecule has 0 radical (unpaired) electrons. The van der Waals surface area contributed by atoms with Gasteiger partial charge in [-0.1, -0.05) is 0 Å². The maximum absolute atomic E-state index is 11.7. The number of rotatable bonds is 6. The molecule has 2 rings (SSSR count). The van der Waals surface area contributed by atoms with Crippen molar-refractivity contribution in [3.05, 3.63) is 0 Å². The topological polar surface area (TPSA) is 62.2 Å². The molecule has 0 aromatic rings. The molecule has 2 N–H and O–H groups in total. The summed E-state index contributed by atoms with van der Waals surface area (Å²) in [6, 6.07) is 0. The van der Waals surface area contributed by atoms with E-state index in [4.69, 9.17) is 14.6 Å². The standard InChI is InChI=1S/C7H13F2NO2.C7H12F2O2/c1-10-2-5(11)6(3-10)12-4-7(8)9;8-7(9)4-11-6-3-1-2-5(6)10/h5-7,11H,2-4H2,1H3;5-7,10H,1-4H2/t2*5-,6-/m11/s1. The van der Waals surface area contributed by atoms with Crippen LogP contribution in [0.4, 0.5) is 17.6 Å². The Balaban J connectivity index is 0.000000231. The third-order valence-corrected chi connectivity index (χ3v) is 3.71. The van der Waals surface area contributed by atoms with Gasteiger partial charge < -0.3 is 24.6 Å². The van der Waals surface area contributed by atoms with Gasteiger partial charge in [0, 0.05) is 13.1 Å². The van der Waals surface area contributed by atoms with Gasteiger partial charge in [0.15, 0.2) is 0 Å². The van der Waals surface area contributed by atoms with Gasteiger partial charge >= 0.3 is 0 Å². The zero-order chi connectivity index (χ0) is 17.4. The molecule has 0 bridgehead atoms. The Bertz CT molecular complexity index is 325. The van der Waals surface area contributed by atoms with Crippen molar-refractivity contribution >= 4 is 0 Å². The van der Waals surface area contributed by atoms with E-state index in [9.17, 15) is 22.7 Å². The number of aliphatic hydroxyl groups excluding tert-OH is 2. The number of aliphatic hydroxyl groups is 2. The molecule has 1 saturated carbocycles. The van der Waals surface area contributed by atoms with E-state index in [0.717, 1.165) is 6.42 Å². The minimum Gasteiger partial charge on any atom is -0.390 e. The smallest absolute Gasteiger partial charge is 0.261 e. The number of ether oxygens (including phenoxy) is 2. The van der Waals surface area contributed by atoms with Gasteiger partial charge in [-0.15, -0.1) is 0 Å². The van der Waals surface area contributed by atoms with Crippen molar-refractivity contribution in [2.45, 2.75) is 56.5 Å². The Morgan fingerprint density at radius 2 is 1.48 bits per heavy atom. The van der Waals surface area contributed by atoms with Crippen molar-refractivity contribution < 1.29 is 37.2 Å². The lowest BCUT2D eigenvalue weighted by atomic mass is 10.3. The predicted molar refractivity (Wildman–Crippen MR) is 74.8 cm³/mol. The average Bonchev–Trinajstić information content (AvgIpc) is 3.00. The predicted octanol–water partition coefficient (Wildman–Crippen LogP) is 1.12. The van der Waals surface area contributed by atoms with Gasteiger partial charge in [0.2, 0.25) is 0 Å². The third-order valence-electron chi connectivity index (χ3n) is 3.71. The summed E-state index contributed by atoms with van der Waals surface area (Å²) in [4.78, 5) is 1.85. The van der Waals surface area contributed by atoms with Crippen LogP contribution in [0.3, 0.4) is 0 Å². The molecule has 0 aromatic heterocycles. The van der Waals surface area contributed by atoms with E-state index in [1.54, 1.807) is 0 Å². The Morgan fingerprint density at radius 3 is 1.87 bits per heavy atom. The molecule has 5 nitrogen and oxygen atoms in total. The van der Waals surface area contributed by atoms with Gasteiger partial charge in [-0.2, -0.15) is 0 Å². The summed E-state index contributed by atoms with van der Waals surface area (Å²) in [5, 5.41) is 18.4. The largest absolute Gasteiger partial charge is 0.390 e. The van der Waals surface area contributed by atoms with Crippen molar-refractivity contribution in [1.82, 2.24) is 4.90 Å². The van der Waals surface area contributed by atoms with Crippen LogP contribution < -0.4 is 0 Å². The van der Waals surface area contributed by atoms with Gasteiger partial charge in [0.05, 0.1) is 24.4 Å². The molecule has 0 spiro atoms. The highest BCUT2D eigenvalue weighted by Crippen LogP contribution is 2.22. The van der Waals surface area contributed by atoms with Crippen LogP contribution in [0.5, 0.6) is 0 Å². The van der Waals surface area contributed by atoms with Crippen LogP contribution in [0.2, 0.25) is 0 Å². The average molecular weight is 347 g/mol. The molecule has 0 unspecified atom stereocenters. The summed E-state index contributed by atoms with van der Waals surface area (Å²) in [6.07, 6.45) is -4.61. The molecule has 1 aliphatic heterocycles. The SMILES string of the molecule is CN1C[C@@H](O)[C@H](OCC(F)F)C1.O[C@@H]1CCC[C@H]1OCC(F)F. The highest BCUT2D eigenvalue weighted by molar-refractivity contribution is 4.82. The Labute approximate surface area is 133 Å². The number of likely N-dealkylation sites (tertiary alicyclic amines) is 1. The fourth-order valence-electron chi connectivity index (χ4n) is 2.60. The number of likely N-dealkylation sites (N-methyl/N-ethyl adjacent to an activating group) is 1. The monoisotopic (exact) mass is 347 g/mol. The van der Waals surface area contributed by atoms with Crippen LogP contribution >= 0.6 is 0 Å². The summed E-state index contributed by atoms with van der Waals surface area (Å²) >= 11 is 0. The highest BCUT2D eigenvalue weighted by Gasteiger charge is 2.30. The molecule has 9 heteroatoms. The second-order valence-electron chi connectivity index (χ2n) is 5.81. The van der Waals surface area contributed by atoms with E-state index in [1.807, 2.05) is 11.9 Å². The van der Waals surface area contributed by atoms with Gasteiger partial charge in [0.1, 0.15) is 13.2 Å². The fourth-order valence-corrected chi connectivity index (χ4v) is 2.60. The minimum atomic E-state index is -2.46. The first-order chi connectivity index (χ1) is 10.8. The molecule has 0 amide bonds. The Morgan fingerprint density at radius 1 is 0.913 bits per heavy atom. The second-order valence-corrected chi connectivity index (χ2v) is 5.81. The van der Waals surface area contributed by atoms with Crippen LogP contribution in [-0.4, -0.2) is 85.7 Å². The lowest BCUT2D eigenvalue weighted by molar-refractivity contribution is -0.0615. The summed E-state index contributed by atoms with van der Waals surface area (Å²) in [5.74, 6) is 0. The van der Waals surface area contributed by atoms with Crippen LogP contribution in [-0.2, 0) is 9.47 Å². The van der Waals surface area contributed by atoms with Crippen molar-refractivity contribution in [3.63, 3.8) is 0 Å². The maximum atomic E-state index is 11.7.